The van der Waals surface area contributed by atoms with E-state index < -0.39 is 5.60 Å². The van der Waals surface area contributed by atoms with Crippen LogP contribution < -0.4 is 18.9 Å². The molecule has 0 aromatic heterocycles. The lowest BCUT2D eigenvalue weighted by Crippen LogP contribution is -2.42. The zero-order valence-corrected chi connectivity index (χ0v) is 34.8. The van der Waals surface area contributed by atoms with Crippen molar-refractivity contribution in [3.8, 4) is 34.1 Å². The van der Waals surface area contributed by atoms with E-state index in [9.17, 15) is 0 Å². The summed E-state index contributed by atoms with van der Waals surface area (Å²) in [5, 5.41) is 2.46. The average Bonchev–Trinajstić information content (AvgIpc) is 3.52. The Morgan fingerprint density at radius 1 is 0.719 bits per heavy atom. The molecule has 3 saturated carbocycles. The predicted molar refractivity (Wildman–Crippen MR) is 232 cm³/mol. The summed E-state index contributed by atoms with van der Waals surface area (Å²) in [6, 6.07) is 31.2. The van der Waals surface area contributed by atoms with E-state index in [4.69, 9.17) is 18.9 Å². The van der Waals surface area contributed by atoms with Crippen LogP contribution in [0, 0.1) is 23.7 Å². The fraction of sp³-hybridized carbons (Fsp3) is 0.434. The molecule has 1 spiro atoms. The summed E-state index contributed by atoms with van der Waals surface area (Å²) < 4.78 is 25.7. The van der Waals surface area contributed by atoms with Crippen molar-refractivity contribution >= 4 is 16.8 Å². The average molecular weight is 759 g/mol. The molecule has 2 bridgehead atoms. The highest BCUT2D eigenvalue weighted by atomic mass is 16.5. The Bertz CT molecular complexity index is 2300. The zero-order chi connectivity index (χ0) is 39.1. The standard InChI is InChI=1S/C53H58O4/c1-7-36-12-10-11-24-52(36)45-14-9-8-13-41(45)48-43-28-46(51-30-33(2)26-35(32-51)27-34(3)31-51)47(56-6)29-44(43)50-42(49(48)52)23-25-53(57-50,37-15-19-39(54-4)20-16-37)38-17-21-40(55-5)22-18-38/h8-9,13-23,25,28-29,33-36H,7,10-12,24,26-27,30-32H2,1-6H3. The third-order valence-corrected chi connectivity index (χ3v) is 15.3. The largest absolute Gasteiger partial charge is 0.497 e. The number of hydrogen-bond donors (Lipinski definition) is 0. The normalized spacial score (nSPS) is 28.0. The van der Waals surface area contributed by atoms with Crippen LogP contribution in [0.5, 0.6) is 23.0 Å². The molecule has 294 valence electrons. The summed E-state index contributed by atoms with van der Waals surface area (Å²) in [5.74, 6) is 6.33. The molecule has 4 aliphatic carbocycles. The van der Waals surface area contributed by atoms with E-state index in [0.29, 0.717) is 17.8 Å². The van der Waals surface area contributed by atoms with Crippen LogP contribution in [0.25, 0.3) is 28.0 Å². The van der Waals surface area contributed by atoms with Gasteiger partial charge < -0.3 is 18.9 Å². The molecular weight excluding hydrogens is 701 g/mol. The molecule has 1 heterocycles. The van der Waals surface area contributed by atoms with Gasteiger partial charge in [0, 0.05) is 33.1 Å². The molecule has 0 radical (unpaired) electrons. The molecule has 5 aromatic carbocycles. The molecule has 0 saturated heterocycles. The summed E-state index contributed by atoms with van der Waals surface area (Å²) in [4.78, 5) is 0. The van der Waals surface area contributed by atoms with Gasteiger partial charge in [-0.1, -0.05) is 94.6 Å². The fourth-order valence-corrected chi connectivity index (χ4v) is 13.4. The van der Waals surface area contributed by atoms with Crippen LogP contribution in [0.1, 0.15) is 118 Å². The highest BCUT2D eigenvalue weighted by Crippen LogP contribution is 2.65. The molecule has 10 rings (SSSR count). The van der Waals surface area contributed by atoms with Crippen LogP contribution >= 0.6 is 0 Å². The molecule has 1 aliphatic heterocycles. The number of methoxy groups -OCH3 is 3. The van der Waals surface area contributed by atoms with Crippen molar-refractivity contribution in [1.82, 2.24) is 0 Å². The highest BCUT2D eigenvalue weighted by molar-refractivity contribution is 6.09. The summed E-state index contributed by atoms with van der Waals surface area (Å²) in [6.07, 6.45) is 17.2. The molecule has 3 fully saturated rings. The number of fused-ring (bicyclic) bond motifs is 12. The van der Waals surface area contributed by atoms with Crippen LogP contribution in [0.2, 0.25) is 0 Å². The van der Waals surface area contributed by atoms with Crippen molar-refractivity contribution in [2.75, 3.05) is 21.3 Å². The molecular formula is C53H58O4. The van der Waals surface area contributed by atoms with Gasteiger partial charge in [0.25, 0.3) is 0 Å². The first-order valence-electron chi connectivity index (χ1n) is 21.8. The molecule has 5 aliphatic rings. The van der Waals surface area contributed by atoms with Crippen molar-refractivity contribution in [1.29, 1.82) is 0 Å². The van der Waals surface area contributed by atoms with Crippen molar-refractivity contribution in [2.45, 2.75) is 101 Å². The van der Waals surface area contributed by atoms with Gasteiger partial charge in [0.15, 0.2) is 5.60 Å². The van der Waals surface area contributed by atoms with Gasteiger partial charge in [0.1, 0.15) is 23.0 Å². The van der Waals surface area contributed by atoms with E-state index in [1.807, 2.05) is 31.4 Å². The number of ether oxygens (including phenoxy) is 4. The Balaban J connectivity index is 1.31. The van der Waals surface area contributed by atoms with Crippen molar-refractivity contribution in [3.05, 3.63) is 124 Å². The number of hydrogen-bond acceptors (Lipinski definition) is 4. The van der Waals surface area contributed by atoms with E-state index >= 15 is 0 Å². The second-order valence-corrected chi connectivity index (χ2v) is 18.5. The maximum atomic E-state index is 7.85. The van der Waals surface area contributed by atoms with E-state index in [1.165, 1.54) is 90.1 Å². The van der Waals surface area contributed by atoms with Gasteiger partial charge in [-0.25, -0.2) is 0 Å². The predicted octanol–water partition coefficient (Wildman–Crippen LogP) is 13.2. The van der Waals surface area contributed by atoms with Crippen LogP contribution in [-0.2, 0) is 16.4 Å². The van der Waals surface area contributed by atoms with Crippen LogP contribution in [0.15, 0.2) is 91.0 Å². The highest BCUT2D eigenvalue weighted by Gasteiger charge is 2.53. The second-order valence-electron chi connectivity index (χ2n) is 18.5. The van der Waals surface area contributed by atoms with Crippen LogP contribution in [0.4, 0.5) is 0 Å². The van der Waals surface area contributed by atoms with Gasteiger partial charge in [-0.3, -0.25) is 0 Å². The minimum atomic E-state index is -0.891. The molecule has 4 unspecified atom stereocenters. The minimum Gasteiger partial charge on any atom is -0.497 e. The third-order valence-electron chi connectivity index (χ3n) is 15.3. The smallest absolute Gasteiger partial charge is 0.178 e. The Labute approximate surface area is 339 Å². The lowest BCUT2D eigenvalue weighted by molar-refractivity contribution is 0.0763. The molecule has 4 nitrogen and oxygen atoms in total. The Morgan fingerprint density at radius 2 is 1.39 bits per heavy atom. The Hall–Kier alpha value is -4.70. The van der Waals surface area contributed by atoms with Gasteiger partial charge in [0.2, 0.25) is 0 Å². The zero-order valence-electron chi connectivity index (χ0n) is 34.8. The number of rotatable bonds is 7. The Morgan fingerprint density at radius 3 is 2.02 bits per heavy atom. The molecule has 0 amide bonds. The van der Waals surface area contributed by atoms with Gasteiger partial charge >= 0.3 is 0 Å². The van der Waals surface area contributed by atoms with E-state index in [-0.39, 0.29) is 10.8 Å². The SMILES string of the molecule is CCC1CCCCC12c1ccccc1-c1c2c2c(c3cc(OC)c(C45CC(C)CC(CC(C)C4)C5)cc13)OC(c1ccc(OC)cc1)(c1ccc(OC)cc1)C=C2. The molecule has 4 atom stereocenters. The van der Waals surface area contributed by atoms with Crippen LogP contribution in [-0.4, -0.2) is 21.3 Å². The third kappa shape index (κ3) is 5.38. The van der Waals surface area contributed by atoms with Gasteiger partial charge in [-0.15, -0.1) is 0 Å². The molecule has 0 N–H and O–H groups in total. The summed E-state index contributed by atoms with van der Waals surface area (Å²) in [7, 11) is 5.33. The monoisotopic (exact) mass is 758 g/mol. The van der Waals surface area contributed by atoms with Gasteiger partial charge in [-0.05, 0) is 144 Å². The summed E-state index contributed by atoms with van der Waals surface area (Å²) in [5.41, 5.74) is 9.74. The second kappa shape index (κ2) is 13.7. The van der Waals surface area contributed by atoms with Crippen molar-refractivity contribution < 1.29 is 18.9 Å². The number of benzene rings is 5. The van der Waals surface area contributed by atoms with Crippen molar-refractivity contribution in [3.63, 3.8) is 0 Å². The molecule has 5 aromatic rings. The Kier molecular flexibility index (Phi) is 8.81. The van der Waals surface area contributed by atoms with E-state index in [0.717, 1.165) is 58.3 Å². The maximum Gasteiger partial charge on any atom is 0.178 e. The van der Waals surface area contributed by atoms with E-state index in [2.05, 4.69) is 93.6 Å². The first-order chi connectivity index (χ1) is 27.8. The van der Waals surface area contributed by atoms with Crippen molar-refractivity contribution in [2.24, 2.45) is 23.7 Å². The lowest BCUT2D eigenvalue weighted by atomic mass is 9.54. The topological polar surface area (TPSA) is 36.9 Å². The van der Waals surface area contributed by atoms with Gasteiger partial charge in [0.05, 0.1) is 21.3 Å². The quantitative estimate of drug-likeness (QED) is 0.166. The first kappa shape index (κ1) is 36.6. The molecule has 4 heteroatoms. The van der Waals surface area contributed by atoms with E-state index in [1.54, 1.807) is 14.2 Å². The lowest BCUT2D eigenvalue weighted by Gasteiger charge is -2.51. The summed E-state index contributed by atoms with van der Waals surface area (Å²) in [6.45, 7) is 7.40. The first-order valence-corrected chi connectivity index (χ1v) is 21.8. The summed E-state index contributed by atoms with van der Waals surface area (Å²) >= 11 is 0. The van der Waals surface area contributed by atoms with Gasteiger partial charge in [-0.2, -0.15) is 0 Å². The fourth-order valence-electron chi connectivity index (χ4n) is 13.4. The molecule has 57 heavy (non-hydrogen) atoms. The van der Waals surface area contributed by atoms with Crippen LogP contribution in [0.3, 0.4) is 0 Å². The minimum absolute atomic E-state index is 0.0761. The maximum absolute atomic E-state index is 7.85.